The summed E-state index contributed by atoms with van der Waals surface area (Å²) in [5.74, 6) is 0.822. The van der Waals surface area contributed by atoms with Crippen molar-refractivity contribution in [2.45, 2.75) is 58.4 Å². The molecule has 1 fully saturated rings. The molecule has 1 aromatic rings. The van der Waals surface area contributed by atoms with Crippen LogP contribution in [0.3, 0.4) is 0 Å². The maximum Gasteiger partial charge on any atom is 0.0850 e. The lowest BCUT2D eigenvalue weighted by Crippen LogP contribution is -2.41. The Hall–Kier alpha value is -0.540. The summed E-state index contributed by atoms with van der Waals surface area (Å²) in [5, 5.41) is 9.11. The number of halogens is 1. The van der Waals surface area contributed by atoms with Crippen molar-refractivity contribution >= 4 is 11.6 Å². The number of nitrogens with one attached hydrogen (secondary N) is 1. The summed E-state index contributed by atoms with van der Waals surface area (Å²) in [6, 6.07) is 0.561. The summed E-state index contributed by atoms with van der Waals surface area (Å²) in [4.78, 5) is 0. The monoisotopic (exact) mass is 283 g/mol. The van der Waals surface area contributed by atoms with Crippen molar-refractivity contribution < 1.29 is 0 Å². The van der Waals surface area contributed by atoms with E-state index in [9.17, 15) is 0 Å². The van der Waals surface area contributed by atoms with Crippen molar-refractivity contribution in [1.29, 1.82) is 0 Å². The molecule has 1 N–H and O–H groups in total. The molecule has 1 saturated carbocycles. The lowest BCUT2D eigenvalue weighted by molar-refractivity contribution is 0.225. The number of hydrogen-bond donors (Lipinski definition) is 1. The van der Waals surface area contributed by atoms with Crippen LogP contribution in [0.4, 0.5) is 0 Å². The highest BCUT2D eigenvalue weighted by Crippen LogP contribution is 2.32. The molecule has 1 aliphatic rings. The third-order valence-corrected chi connectivity index (χ3v) is 4.73. The van der Waals surface area contributed by atoms with Gasteiger partial charge in [0.2, 0.25) is 0 Å². The lowest BCUT2D eigenvalue weighted by Gasteiger charge is -2.34. The van der Waals surface area contributed by atoms with Gasteiger partial charge in [0.25, 0.3) is 0 Å². The topological polar surface area (TPSA) is 29.9 Å². The second-order valence-corrected chi connectivity index (χ2v) is 6.02. The Balaban J connectivity index is 2.09. The van der Waals surface area contributed by atoms with E-state index in [4.69, 9.17) is 11.6 Å². The molecule has 0 aromatic carbocycles. The molecule has 1 heterocycles. The van der Waals surface area contributed by atoms with Gasteiger partial charge in [-0.3, -0.25) is 4.68 Å². The molecule has 2 rings (SSSR count). The van der Waals surface area contributed by atoms with Crippen LogP contribution in [0.25, 0.3) is 0 Å². The van der Waals surface area contributed by atoms with Crippen molar-refractivity contribution in [1.82, 2.24) is 15.1 Å². The van der Waals surface area contributed by atoms with Crippen molar-refractivity contribution in [2.24, 2.45) is 13.0 Å². The van der Waals surface area contributed by atoms with Gasteiger partial charge in [0.05, 0.1) is 16.4 Å². The van der Waals surface area contributed by atoms with Crippen molar-refractivity contribution in [2.75, 3.05) is 6.54 Å². The van der Waals surface area contributed by atoms with E-state index in [2.05, 4.69) is 24.3 Å². The van der Waals surface area contributed by atoms with E-state index in [0.29, 0.717) is 6.04 Å². The fourth-order valence-electron chi connectivity index (χ4n) is 2.83. The van der Waals surface area contributed by atoms with E-state index in [-0.39, 0.29) is 0 Å². The van der Waals surface area contributed by atoms with Crippen LogP contribution in [-0.4, -0.2) is 22.4 Å². The highest BCUT2D eigenvalue weighted by atomic mass is 35.5. The predicted molar refractivity (Wildman–Crippen MR) is 80.7 cm³/mol. The Labute approximate surface area is 121 Å². The molecule has 0 saturated heterocycles. The van der Waals surface area contributed by atoms with Gasteiger partial charge >= 0.3 is 0 Å². The Bertz CT molecular complexity index is 410. The Morgan fingerprint density at radius 1 is 1.42 bits per heavy atom. The van der Waals surface area contributed by atoms with Gasteiger partial charge in [-0.1, -0.05) is 31.9 Å². The first kappa shape index (κ1) is 14.9. The standard InChI is InChI=1S/C15H26ClN3/c1-4-9-17-13(11-7-6-8-11)10-14-15(16)12(5-2)18-19(14)3/h11,13,17H,4-10H2,1-3H3. The van der Waals surface area contributed by atoms with Crippen molar-refractivity contribution in [3.63, 3.8) is 0 Å². The van der Waals surface area contributed by atoms with Crippen LogP contribution < -0.4 is 5.32 Å². The summed E-state index contributed by atoms with van der Waals surface area (Å²) in [6.07, 6.45) is 7.20. The van der Waals surface area contributed by atoms with Gasteiger partial charge in [-0.25, -0.2) is 0 Å². The van der Waals surface area contributed by atoms with Gasteiger partial charge in [-0.15, -0.1) is 0 Å². The maximum atomic E-state index is 6.46. The van der Waals surface area contributed by atoms with E-state index in [1.54, 1.807) is 0 Å². The molecule has 0 bridgehead atoms. The highest BCUT2D eigenvalue weighted by molar-refractivity contribution is 6.31. The van der Waals surface area contributed by atoms with Crippen LogP contribution in [-0.2, 0) is 19.9 Å². The van der Waals surface area contributed by atoms with Crippen LogP contribution >= 0.6 is 11.6 Å². The number of nitrogens with zero attached hydrogens (tertiary/aromatic N) is 2. The molecular weight excluding hydrogens is 258 g/mol. The lowest BCUT2D eigenvalue weighted by atomic mass is 9.78. The van der Waals surface area contributed by atoms with E-state index in [1.807, 2.05) is 11.7 Å². The molecule has 4 heteroatoms. The summed E-state index contributed by atoms with van der Waals surface area (Å²) in [6.45, 7) is 5.42. The van der Waals surface area contributed by atoms with E-state index in [0.717, 1.165) is 36.0 Å². The van der Waals surface area contributed by atoms with Crippen LogP contribution in [0.1, 0.15) is 50.9 Å². The number of aromatic nitrogens is 2. The average molecular weight is 284 g/mol. The van der Waals surface area contributed by atoms with Gasteiger partial charge in [0, 0.05) is 19.5 Å². The van der Waals surface area contributed by atoms with Crippen LogP contribution in [0.5, 0.6) is 0 Å². The molecule has 0 radical (unpaired) electrons. The zero-order chi connectivity index (χ0) is 13.8. The van der Waals surface area contributed by atoms with Crippen molar-refractivity contribution in [3.8, 4) is 0 Å². The normalized spacial score (nSPS) is 17.5. The third-order valence-electron chi connectivity index (χ3n) is 4.29. The fraction of sp³-hybridized carbons (Fsp3) is 0.800. The molecular formula is C15H26ClN3. The Morgan fingerprint density at radius 3 is 2.63 bits per heavy atom. The quantitative estimate of drug-likeness (QED) is 0.832. The maximum absolute atomic E-state index is 6.46. The zero-order valence-electron chi connectivity index (χ0n) is 12.4. The molecule has 0 aliphatic heterocycles. The molecule has 1 atom stereocenters. The van der Waals surface area contributed by atoms with Crippen LogP contribution in [0, 0.1) is 5.92 Å². The molecule has 1 aromatic heterocycles. The first-order chi connectivity index (χ1) is 9.17. The summed E-state index contributed by atoms with van der Waals surface area (Å²) in [7, 11) is 2.01. The smallest absolute Gasteiger partial charge is 0.0850 e. The Kier molecular flexibility index (Phi) is 5.28. The van der Waals surface area contributed by atoms with E-state index in [1.165, 1.54) is 31.4 Å². The number of hydrogen-bond acceptors (Lipinski definition) is 2. The Morgan fingerprint density at radius 2 is 2.16 bits per heavy atom. The first-order valence-electron chi connectivity index (χ1n) is 7.61. The molecule has 0 amide bonds. The molecule has 0 spiro atoms. The molecule has 1 aliphatic carbocycles. The van der Waals surface area contributed by atoms with Crippen molar-refractivity contribution in [3.05, 3.63) is 16.4 Å². The summed E-state index contributed by atoms with van der Waals surface area (Å²) in [5.41, 5.74) is 2.22. The largest absolute Gasteiger partial charge is 0.313 e. The van der Waals surface area contributed by atoms with Gasteiger partial charge in [-0.05, 0) is 38.1 Å². The second-order valence-electron chi connectivity index (χ2n) is 5.64. The summed E-state index contributed by atoms with van der Waals surface area (Å²) < 4.78 is 1.97. The van der Waals surface area contributed by atoms with E-state index < -0.39 is 0 Å². The molecule has 108 valence electrons. The van der Waals surface area contributed by atoms with E-state index >= 15 is 0 Å². The average Bonchev–Trinajstić information content (AvgIpc) is 2.60. The fourth-order valence-corrected chi connectivity index (χ4v) is 3.20. The minimum atomic E-state index is 0.561. The highest BCUT2D eigenvalue weighted by Gasteiger charge is 2.28. The van der Waals surface area contributed by atoms with Crippen LogP contribution in [0.2, 0.25) is 5.02 Å². The van der Waals surface area contributed by atoms with Gasteiger partial charge in [0.15, 0.2) is 0 Å². The zero-order valence-corrected chi connectivity index (χ0v) is 13.1. The van der Waals surface area contributed by atoms with Gasteiger partial charge < -0.3 is 5.32 Å². The molecule has 19 heavy (non-hydrogen) atoms. The van der Waals surface area contributed by atoms with Crippen LogP contribution in [0.15, 0.2) is 0 Å². The minimum Gasteiger partial charge on any atom is -0.313 e. The second kappa shape index (κ2) is 6.76. The third kappa shape index (κ3) is 3.32. The first-order valence-corrected chi connectivity index (χ1v) is 7.98. The number of aryl methyl sites for hydroxylation is 2. The molecule has 1 unspecified atom stereocenters. The minimum absolute atomic E-state index is 0.561. The predicted octanol–water partition coefficient (Wildman–Crippen LogP) is 3.35. The van der Waals surface area contributed by atoms with Gasteiger partial charge in [0.1, 0.15) is 0 Å². The summed E-state index contributed by atoms with van der Waals surface area (Å²) >= 11 is 6.46. The van der Waals surface area contributed by atoms with Gasteiger partial charge in [-0.2, -0.15) is 5.10 Å². The SMILES string of the molecule is CCCNC(Cc1c(Cl)c(CC)nn1C)C1CCC1. The number of rotatable bonds is 7. The molecule has 3 nitrogen and oxygen atoms in total.